The minimum Gasteiger partial charge on any atom is -0.326 e. The lowest BCUT2D eigenvalue weighted by molar-refractivity contribution is -0.114. The average molecular weight is 322 g/mol. The van der Waals surface area contributed by atoms with Crippen molar-refractivity contribution < 1.29 is 9.59 Å². The third kappa shape index (κ3) is 3.61. The Morgan fingerprint density at radius 3 is 2.46 bits per heavy atom. The van der Waals surface area contributed by atoms with Gasteiger partial charge in [0.1, 0.15) is 0 Å². The van der Waals surface area contributed by atoms with Crippen molar-refractivity contribution in [2.75, 3.05) is 10.6 Å². The summed E-state index contributed by atoms with van der Waals surface area (Å²) in [4.78, 5) is 23.4. The number of rotatable bonds is 4. The highest BCUT2D eigenvalue weighted by Crippen LogP contribution is 2.18. The number of hydrogen-bond acceptors (Lipinski definition) is 5. The molecule has 0 aliphatic carbocycles. The highest BCUT2D eigenvalue weighted by Gasteiger charge is 2.08. The molecule has 2 amide bonds. The number of nitrogens with zero attached hydrogens (tertiary/aromatic N) is 3. The number of tetrazole rings is 1. The minimum atomic E-state index is -0.269. The maximum Gasteiger partial charge on any atom is 0.255 e. The molecule has 0 aliphatic heterocycles. The quantitative estimate of drug-likeness (QED) is 0.680. The van der Waals surface area contributed by atoms with Gasteiger partial charge in [0.05, 0.1) is 0 Å². The molecule has 1 aromatic heterocycles. The van der Waals surface area contributed by atoms with Crippen LogP contribution in [0.25, 0.3) is 11.4 Å². The van der Waals surface area contributed by atoms with Crippen LogP contribution in [0.3, 0.4) is 0 Å². The molecule has 120 valence electrons. The molecule has 8 heteroatoms. The summed E-state index contributed by atoms with van der Waals surface area (Å²) in [6, 6.07) is 13.8. The topological polar surface area (TPSA) is 113 Å². The van der Waals surface area contributed by atoms with Crippen molar-refractivity contribution in [1.82, 2.24) is 20.6 Å². The van der Waals surface area contributed by atoms with Gasteiger partial charge in [-0.1, -0.05) is 6.07 Å². The predicted molar refractivity (Wildman–Crippen MR) is 88.3 cm³/mol. The molecule has 0 bridgehead atoms. The average Bonchev–Trinajstić information content (AvgIpc) is 3.09. The van der Waals surface area contributed by atoms with E-state index in [1.165, 1.54) is 6.92 Å². The number of aromatic amines is 1. The first-order valence-corrected chi connectivity index (χ1v) is 7.15. The van der Waals surface area contributed by atoms with Crippen LogP contribution in [-0.2, 0) is 4.79 Å². The number of carbonyl (C=O) groups excluding carboxylic acids is 2. The van der Waals surface area contributed by atoms with Crippen molar-refractivity contribution in [2.45, 2.75) is 6.92 Å². The number of aromatic nitrogens is 4. The van der Waals surface area contributed by atoms with Crippen molar-refractivity contribution in [3.63, 3.8) is 0 Å². The summed E-state index contributed by atoms with van der Waals surface area (Å²) >= 11 is 0. The van der Waals surface area contributed by atoms with E-state index in [1.807, 2.05) is 0 Å². The van der Waals surface area contributed by atoms with Crippen molar-refractivity contribution >= 4 is 23.2 Å². The fourth-order valence-corrected chi connectivity index (χ4v) is 2.13. The van der Waals surface area contributed by atoms with Crippen LogP contribution in [0.15, 0.2) is 48.5 Å². The Balaban J connectivity index is 1.71. The SMILES string of the molecule is CC(=O)Nc1cccc(C(=O)Nc2ccc(-c3nn[nH]n3)cc2)c1. The lowest BCUT2D eigenvalue weighted by Crippen LogP contribution is -2.13. The van der Waals surface area contributed by atoms with Crippen LogP contribution in [0.1, 0.15) is 17.3 Å². The number of nitrogens with one attached hydrogen (secondary N) is 3. The van der Waals surface area contributed by atoms with E-state index in [1.54, 1.807) is 48.5 Å². The van der Waals surface area contributed by atoms with E-state index in [0.717, 1.165) is 5.56 Å². The molecule has 0 spiro atoms. The molecule has 2 aromatic carbocycles. The van der Waals surface area contributed by atoms with Gasteiger partial charge in [0.15, 0.2) is 0 Å². The molecular weight excluding hydrogens is 308 g/mol. The second-order valence-corrected chi connectivity index (χ2v) is 5.03. The zero-order chi connectivity index (χ0) is 16.9. The Hall–Kier alpha value is -3.55. The summed E-state index contributed by atoms with van der Waals surface area (Å²) in [7, 11) is 0. The van der Waals surface area contributed by atoms with Crippen molar-refractivity contribution in [3.05, 3.63) is 54.1 Å². The highest BCUT2D eigenvalue weighted by atomic mass is 16.2. The fourth-order valence-electron chi connectivity index (χ4n) is 2.13. The zero-order valence-corrected chi connectivity index (χ0v) is 12.8. The Labute approximate surface area is 137 Å². The fraction of sp³-hybridized carbons (Fsp3) is 0.0625. The lowest BCUT2D eigenvalue weighted by atomic mass is 10.1. The summed E-state index contributed by atoms with van der Waals surface area (Å²) in [6.45, 7) is 1.41. The largest absolute Gasteiger partial charge is 0.326 e. The van der Waals surface area contributed by atoms with Gasteiger partial charge in [-0.3, -0.25) is 9.59 Å². The maximum absolute atomic E-state index is 12.3. The van der Waals surface area contributed by atoms with Crippen LogP contribution in [0.5, 0.6) is 0 Å². The standard InChI is InChI=1S/C16H14N6O2/c1-10(23)17-14-4-2-3-12(9-14)16(24)18-13-7-5-11(6-8-13)15-19-21-22-20-15/h2-9H,1H3,(H,17,23)(H,18,24)(H,19,20,21,22). The van der Waals surface area contributed by atoms with Crippen molar-refractivity contribution in [3.8, 4) is 11.4 Å². The molecule has 0 saturated carbocycles. The van der Waals surface area contributed by atoms with Crippen molar-refractivity contribution in [1.29, 1.82) is 0 Å². The Kier molecular flexibility index (Phi) is 4.28. The number of amides is 2. The van der Waals surface area contributed by atoms with Gasteiger partial charge in [0.25, 0.3) is 5.91 Å². The van der Waals surface area contributed by atoms with E-state index >= 15 is 0 Å². The van der Waals surface area contributed by atoms with Crippen LogP contribution in [0.2, 0.25) is 0 Å². The van der Waals surface area contributed by atoms with E-state index < -0.39 is 0 Å². The van der Waals surface area contributed by atoms with Gasteiger partial charge < -0.3 is 10.6 Å². The molecule has 0 unspecified atom stereocenters. The molecule has 0 radical (unpaired) electrons. The first kappa shape index (κ1) is 15.3. The van der Waals surface area contributed by atoms with Gasteiger partial charge in [-0.15, -0.1) is 10.2 Å². The molecule has 8 nitrogen and oxygen atoms in total. The van der Waals surface area contributed by atoms with Crippen LogP contribution >= 0.6 is 0 Å². The van der Waals surface area contributed by atoms with E-state index in [4.69, 9.17) is 0 Å². The lowest BCUT2D eigenvalue weighted by Gasteiger charge is -2.08. The normalized spacial score (nSPS) is 10.2. The molecule has 0 fully saturated rings. The highest BCUT2D eigenvalue weighted by molar-refractivity contribution is 6.05. The number of benzene rings is 2. The molecule has 3 rings (SSSR count). The molecule has 0 saturated heterocycles. The van der Waals surface area contributed by atoms with Gasteiger partial charge in [0.2, 0.25) is 11.7 Å². The third-order valence-electron chi connectivity index (χ3n) is 3.19. The van der Waals surface area contributed by atoms with Crippen LogP contribution in [0.4, 0.5) is 11.4 Å². The summed E-state index contributed by atoms with van der Waals surface area (Å²) in [6.07, 6.45) is 0. The van der Waals surface area contributed by atoms with E-state index in [-0.39, 0.29) is 11.8 Å². The first-order chi connectivity index (χ1) is 11.6. The first-order valence-electron chi connectivity index (χ1n) is 7.15. The van der Waals surface area contributed by atoms with E-state index in [9.17, 15) is 9.59 Å². The Morgan fingerprint density at radius 2 is 1.79 bits per heavy atom. The van der Waals surface area contributed by atoms with Gasteiger partial charge in [-0.25, -0.2) is 0 Å². The zero-order valence-electron chi connectivity index (χ0n) is 12.8. The molecule has 0 aliphatic rings. The van der Waals surface area contributed by atoms with Gasteiger partial charge in [0, 0.05) is 29.4 Å². The Morgan fingerprint density at radius 1 is 1.00 bits per heavy atom. The summed E-state index contributed by atoms with van der Waals surface area (Å²) in [5, 5.41) is 19.1. The third-order valence-corrected chi connectivity index (χ3v) is 3.19. The second kappa shape index (κ2) is 6.69. The molecule has 1 heterocycles. The van der Waals surface area contributed by atoms with Crippen molar-refractivity contribution in [2.24, 2.45) is 0 Å². The molecule has 24 heavy (non-hydrogen) atoms. The number of hydrogen-bond donors (Lipinski definition) is 3. The van der Waals surface area contributed by atoms with E-state index in [0.29, 0.717) is 22.8 Å². The van der Waals surface area contributed by atoms with Gasteiger partial charge in [-0.05, 0) is 47.7 Å². The smallest absolute Gasteiger partial charge is 0.255 e. The predicted octanol–water partition coefficient (Wildman–Crippen LogP) is 2.08. The summed E-state index contributed by atoms with van der Waals surface area (Å²) in [5.41, 5.74) is 2.44. The summed E-state index contributed by atoms with van der Waals surface area (Å²) < 4.78 is 0. The Bertz CT molecular complexity index is 859. The van der Waals surface area contributed by atoms with Crippen LogP contribution in [0, 0.1) is 0 Å². The molecule has 3 N–H and O–H groups in total. The maximum atomic E-state index is 12.3. The van der Waals surface area contributed by atoms with Gasteiger partial charge in [-0.2, -0.15) is 5.21 Å². The summed E-state index contributed by atoms with van der Waals surface area (Å²) in [5.74, 6) is 0.0232. The number of H-pyrrole nitrogens is 1. The minimum absolute atomic E-state index is 0.190. The van der Waals surface area contributed by atoms with Crippen LogP contribution < -0.4 is 10.6 Å². The number of anilines is 2. The molecular formula is C16H14N6O2. The monoisotopic (exact) mass is 322 g/mol. The molecule has 3 aromatic rings. The van der Waals surface area contributed by atoms with Gasteiger partial charge >= 0.3 is 0 Å². The second-order valence-electron chi connectivity index (χ2n) is 5.03. The van der Waals surface area contributed by atoms with Crippen LogP contribution in [-0.4, -0.2) is 32.4 Å². The van der Waals surface area contributed by atoms with E-state index in [2.05, 4.69) is 31.3 Å². The molecule has 0 atom stereocenters. The number of carbonyl (C=O) groups is 2.